The van der Waals surface area contributed by atoms with Gasteiger partial charge in [-0.1, -0.05) is 12.1 Å². The summed E-state index contributed by atoms with van der Waals surface area (Å²) in [6.45, 7) is 1.81. The average molecular weight is 461 g/mol. The van der Waals surface area contributed by atoms with E-state index in [0.29, 0.717) is 17.6 Å². The number of alkyl halides is 3. The minimum Gasteiger partial charge on any atom is -0.497 e. The molecule has 33 heavy (non-hydrogen) atoms. The molecule has 0 fully saturated rings. The maximum atomic E-state index is 13.6. The summed E-state index contributed by atoms with van der Waals surface area (Å²) in [5.41, 5.74) is -0.572. The van der Waals surface area contributed by atoms with Gasteiger partial charge in [0, 0.05) is 12.1 Å². The number of nitrogens with one attached hydrogen (secondary N) is 1. The van der Waals surface area contributed by atoms with Gasteiger partial charge in [-0.15, -0.1) is 0 Å². The SMILES string of the molecule is CCOC(=O)c1cnn(-c2ccc(C(=O)NCCc3ccc(OC)cc3)cc2)c1C(F)(F)F. The summed E-state index contributed by atoms with van der Waals surface area (Å²) in [5, 5.41) is 6.48. The van der Waals surface area contributed by atoms with E-state index in [1.165, 1.54) is 31.2 Å². The summed E-state index contributed by atoms with van der Waals surface area (Å²) in [6, 6.07) is 12.9. The van der Waals surface area contributed by atoms with Crippen LogP contribution in [0.5, 0.6) is 5.75 Å². The number of methoxy groups -OCH3 is 1. The van der Waals surface area contributed by atoms with E-state index in [0.717, 1.165) is 17.5 Å². The second-order valence-corrected chi connectivity index (χ2v) is 6.94. The fraction of sp³-hybridized carbons (Fsp3) is 0.261. The molecule has 3 aromatic rings. The van der Waals surface area contributed by atoms with Crippen LogP contribution in [0, 0.1) is 0 Å². The zero-order valence-corrected chi connectivity index (χ0v) is 18.0. The molecule has 0 radical (unpaired) electrons. The summed E-state index contributed by atoms with van der Waals surface area (Å²) in [7, 11) is 1.58. The Morgan fingerprint density at radius 2 is 1.73 bits per heavy atom. The Bertz CT molecular complexity index is 1110. The maximum Gasteiger partial charge on any atom is 0.434 e. The lowest BCUT2D eigenvalue weighted by Gasteiger charge is -2.13. The first-order valence-corrected chi connectivity index (χ1v) is 10.1. The molecule has 0 aliphatic heterocycles. The highest BCUT2D eigenvalue weighted by atomic mass is 19.4. The van der Waals surface area contributed by atoms with Gasteiger partial charge < -0.3 is 14.8 Å². The third-order valence-electron chi connectivity index (χ3n) is 4.77. The molecule has 1 aromatic heterocycles. The zero-order chi connectivity index (χ0) is 24.0. The number of hydrogen-bond donors (Lipinski definition) is 1. The van der Waals surface area contributed by atoms with Gasteiger partial charge >= 0.3 is 12.1 Å². The fourth-order valence-electron chi connectivity index (χ4n) is 3.14. The lowest BCUT2D eigenvalue weighted by Crippen LogP contribution is -2.25. The van der Waals surface area contributed by atoms with Crippen molar-refractivity contribution in [2.45, 2.75) is 19.5 Å². The van der Waals surface area contributed by atoms with Gasteiger partial charge in [0.1, 0.15) is 11.3 Å². The van der Waals surface area contributed by atoms with Crippen LogP contribution in [0.3, 0.4) is 0 Å². The number of rotatable bonds is 8. The van der Waals surface area contributed by atoms with Gasteiger partial charge in [0.2, 0.25) is 0 Å². The molecule has 0 saturated carbocycles. The van der Waals surface area contributed by atoms with Crippen LogP contribution < -0.4 is 10.1 Å². The molecule has 2 aromatic carbocycles. The second kappa shape index (κ2) is 10.2. The molecule has 1 N–H and O–H groups in total. The first kappa shape index (κ1) is 23.8. The minimum absolute atomic E-state index is 0.0488. The van der Waals surface area contributed by atoms with Gasteiger partial charge in [-0.25, -0.2) is 9.48 Å². The highest BCUT2D eigenvalue weighted by Gasteiger charge is 2.41. The number of hydrogen-bond acceptors (Lipinski definition) is 5. The van der Waals surface area contributed by atoms with Gasteiger partial charge in [0.05, 0.1) is 25.6 Å². The molecule has 0 aliphatic carbocycles. The molecule has 174 valence electrons. The standard InChI is InChI=1S/C23H22F3N3O4/c1-3-33-22(31)19-14-28-29(20(19)23(24,25)26)17-8-6-16(7-9-17)21(30)27-13-12-15-4-10-18(32-2)11-5-15/h4-11,14H,3,12-13H2,1-2H3,(H,27,30). The van der Waals surface area contributed by atoms with E-state index in [2.05, 4.69) is 10.4 Å². The molecule has 0 bridgehead atoms. The van der Waals surface area contributed by atoms with Crippen molar-refractivity contribution in [1.82, 2.24) is 15.1 Å². The molecule has 0 unspecified atom stereocenters. The third kappa shape index (κ3) is 5.71. The van der Waals surface area contributed by atoms with Gasteiger partial charge in [0.25, 0.3) is 5.91 Å². The molecule has 10 heteroatoms. The van der Waals surface area contributed by atoms with Gasteiger partial charge in [-0.05, 0) is 55.3 Å². The molecule has 0 aliphatic rings. The van der Waals surface area contributed by atoms with Crippen LogP contribution >= 0.6 is 0 Å². The smallest absolute Gasteiger partial charge is 0.434 e. The Morgan fingerprint density at radius 1 is 1.06 bits per heavy atom. The van der Waals surface area contributed by atoms with Gasteiger partial charge in [-0.3, -0.25) is 4.79 Å². The van der Waals surface area contributed by atoms with Crippen LogP contribution in [0.4, 0.5) is 13.2 Å². The largest absolute Gasteiger partial charge is 0.497 e. The summed E-state index contributed by atoms with van der Waals surface area (Å²) >= 11 is 0. The van der Waals surface area contributed by atoms with E-state index in [-0.39, 0.29) is 23.8 Å². The number of halogens is 3. The summed E-state index contributed by atoms with van der Waals surface area (Å²) in [6.07, 6.45) is -3.41. The fourth-order valence-corrected chi connectivity index (χ4v) is 3.14. The van der Waals surface area contributed by atoms with Crippen molar-refractivity contribution in [2.24, 2.45) is 0 Å². The predicted octanol–water partition coefficient (Wildman–Crippen LogP) is 4.05. The van der Waals surface area contributed by atoms with Gasteiger partial charge in [0.15, 0.2) is 5.69 Å². The molecule has 0 saturated heterocycles. The van der Waals surface area contributed by atoms with Crippen molar-refractivity contribution in [3.05, 3.63) is 77.1 Å². The maximum absolute atomic E-state index is 13.6. The van der Waals surface area contributed by atoms with E-state index in [1.54, 1.807) is 7.11 Å². The number of carbonyl (C=O) groups excluding carboxylic acids is 2. The van der Waals surface area contributed by atoms with E-state index < -0.39 is 23.4 Å². The van der Waals surface area contributed by atoms with Crippen molar-refractivity contribution < 1.29 is 32.2 Å². The Labute approximate surface area is 188 Å². The van der Waals surface area contributed by atoms with Crippen LogP contribution in [0.1, 0.15) is 38.9 Å². The van der Waals surface area contributed by atoms with E-state index in [4.69, 9.17) is 9.47 Å². The molecule has 1 amide bonds. The van der Waals surface area contributed by atoms with E-state index in [9.17, 15) is 22.8 Å². The van der Waals surface area contributed by atoms with Crippen molar-refractivity contribution in [3.8, 4) is 11.4 Å². The number of ether oxygens (including phenoxy) is 2. The molecule has 1 heterocycles. The van der Waals surface area contributed by atoms with Crippen LogP contribution in [-0.4, -0.2) is 41.9 Å². The number of aromatic nitrogens is 2. The molecule has 7 nitrogen and oxygen atoms in total. The Morgan fingerprint density at radius 3 is 2.30 bits per heavy atom. The van der Waals surface area contributed by atoms with Crippen molar-refractivity contribution >= 4 is 11.9 Å². The Balaban J connectivity index is 1.70. The number of nitrogens with zero attached hydrogens (tertiary/aromatic N) is 2. The predicted molar refractivity (Wildman–Crippen MR) is 114 cm³/mol. The van der Waals surface area contributed by atoms with E-state index >= 15 is 0 Å². The second-order valence-electron chi connectivity index (χ2n) is 6.94. The minimum atomic E-state index is -4.84. The Hall–Kier alpha value is -3.82. The van der Waals surface area contributed by atoms with E-state index in [1.807, 2.05) is 24.3 Å². The van der Waals surface area contributed by atoms with Crippen LogP contribution in [0.25, 0.3) is 5.69 Å². The quantitative estimate of drug-likeness (QED) is 0.512. The molecule has 3 rings (SSSR count). The van der Waals surface area contributed by atoms with Crippen molar-refractivity contribution in [1.29, 1.82) is 0 Å². The van der Waals surface area contributed by atoms with Crippen LogP contribution in [0.2, 0.25) is 0 Å². The average Bonchev–Trinajstić information content (AvgIpc) is 3.26. The van der Waals surface area contributed by atoms with Crippen molar-refractivity contribution in [3.63, 3.8) is 0 Å². The number of amides is 1. The first-order chi connectivity index (χ1) is 15.7. The topological polar surface area (TPSA) is 82.5 Å². The van der Waals surface area contributed by atoms with Crippen molar-refractivity contribution in [2.75, 3.05) is 20.3 Å². The third-order valence-corrected chi connectivity index (χ3v) is 4.77. The number of esters is 1. The zero-order valence-electron chi connectivity index (χ0n) is 18.0. The van der Waals surface area contributed by atoms with Crippen LogP contribution in [-0.2, 0) is 17.3 Å². The number of benzene rings is 2. The normalized spacial score (nSPS) is 11.2. The number of carbonyl (C=O) groups is 2. The monoisotopic (exact) mass is 461 g/mol. The first-order valence-electron chi connectivity index (χ1n) is 10.1. The molecule has 0 spiro atoms. The highest BCUT2D eigenvalue weighted by Crippen LogP contribution is 2.34. The summed E-state index contributed by atoms with van der Waals surface area (Å²) < 4.78 is 51.3. The highest BCUT2D eigenvalue weighted by molar-refractivity contribution is 5.94. The molecular weight excluding hydrogens is 439 g/mol. The molecule has 0 atom stereocenters. The molecular formula is C23H22F3N3O4. The lowest BCUT2D eigenvalue weighted by atomic mass is 10.1. The summed E-state index contributed by atoms with van der Waals surface area (Å²) in [5.74, 6) is -0.731. The Kier molecular flexibility index (Phi) is 7.37. The lowest BCUT2D eigenvalue weighted by molar-refractivity contribution is -0.143. The van der Waals surface area contributed by atoms with Crippen LogP contribution in [0.15, 0.2) is 54.7 Å². The summed E-state index contributed by atoms with van der Waals surface area (Å²) in [4.78, 5) is 24.3. The van der Waals surface area contributed by atoms with Gasteiger partial charge in [-0.2, -0.15) is 18.3 Å².